The van der Waals surface area contributed by atoms with Crippen molar-refractivity contribution in [3.63, 3.8) is 0 Å². The first-order valence-corrected chi connectivity index (χ1v) is 4.99. The molecule has 1 rings (SSSR count). The van der Waals surface area contributed by atoms with Crippen molar-refractivity contribution in [2.24, 2.45) is 0 Å². The Balaban J connectivity index is 3.33. The van der Waals surface area contributed by atoms with Crippen LogP contribution in [0.2, 0.25) is 0 Å². The Labute approximate surface area is 103 Å². The molecule has 0 saturated heterocycles. The van der Waals surface area contributed by atoms with Crippen LogP contribution in [0.1, 0.15) is 17.6 Å². The molecule has 0 amide bonds. The monoisotopic (exact) mass is 291 g/mol. The van der Waals surface area contributed by atoms with Crippen LogP contribution in [-0.2, 0) is 5.88 Å². The van der Waals surface area contributed by atoms with Crippen molar-refractivity contribution in [2.45, 2.75) is 18.7 Å². The first-order valence-electron chi connectivity index (χ1n) is 4.45. The van der Waals surface area contributed by atoms with Crippen molar-refractivity contribution in [1.29, 1.82) is 0 Å². The van der Waals surface area contributed by atoms with Gasteiger partial charge in [-0.1, -0.05) is 0 Å². The second kappa shape index (κ2) is 5.55. The van der Waals surface area contributed by atoms with Crippen LogP contribution >= 0.6 is 11.6 Å². The molecule has 0 bridgehead atoms. The van der Waals surface area contributed by atoms with E-state index in [1.165, 1.54) is 0 Å². The molecule has 0 radical (unpaired) electrons. The highest BCUT2D eigenvalue weighted by Crippen LogP contribution is 2.40. The summed E-state index contributed by atoms with van der Waals surface area (Å²) < 4.78 is 69.7. The molecule has 0 aliphatic rings. The van der Waals surface area contributed by atoms with Gasteiger partial charge in [-0.15, -0.1) is 24.8 Å². The molecule has 3 nitrogen and oxygen atoms in total. The van der Waals surface area contributed by atoms with Gasteiger partial charge >= 0.3 is 6.36 Å². The second-order valence-electron chi connectivity index (χ2n) is 3.02. The summed E-state index contributed by atoms with van der Waals surface area (Å²) in [4.78, 5) is 3.26. The van der Waals surface area contributed by atoms with Gasteiger partial charge in [-0.3, -0.25) is 0 Å². The molecule has 0 fully saturated rings. The minimum absolute atomic E-state index is 0.127. The van der Waals surface area contributed by atoms with Crippen LogP contribution in [0.3, 0.4) is 0 Å². The number of aromatic nitrogens is 1. The van der Waals surface area contributed by atoms with Crippen molar-refractivity contribution in [1.82, 2.24) is 4.98 Å². The van der Waals surface area contributed by atoms with Crippen molar-refractivity contribution < 1.29 is 31.4 Å². The van der Waals surface area contributed by atoms with Gasteiger partial charge in [0.15, 0.2) is 5.75 Å². The van der Waals surface area contributed by atoms with Gasteiger partial charge in [-0.05, 0) is 5.56 Å². The highest BCUT2D eigenvalue weighted by Gasteiger charge is 2.35. The molecular weight excluding hydrogens is 285 g/mol. The zero-order valence-corrected chi connectivity index (χ0v) is 9.65. The predicted octanol–water partition coefficient (Wildman–Crippen LogP) is 3.67. The van der Waals surface area contributed by atoms with Gasteiger partial charge in [0.2, 0.25) is 0 Å². The van der Waals surface area contributed by atoms with E-state index < -0.39 is 30.0 Å². The lowest BCUT2D eigenvalue weighted by molar-refractivity contribution is -0.276. The van der Waals surface area contributed by atoms with E-state index in [2.05, 4.69) is 14.5 Å². The number of nitrogens with zero attached hydrogens (tertiary/aromatic N) is 1. The average Bonchev–Trinajstić information content (AvgIpc) is 2.26. The normalized spacial score (nSPS) is 11.8. The van der Waals surface area contributed by atoms with Crippen LogP contribution < -0.4 is 9.47 Å². The molecule has 0 unspecified atom stereocenters. The SMILES string of the molecule is COc1c(OC(F)(F)F)ncc(CCl)c1C(F)F. The van der Waals surface area contributed by atoms with Crippen LogP contribution in [0.5, 0.6) is 11.6 Å². The zero-order valence-electron chi connectivity index (χ0n) is 8.89. The number of halogens is 6. The summed E-state index contributed by atoms with van der Waals surface area (Å²) >= 11 is 5.40. The van der Waals surface area contributed by atoms with E-state index in [1.54, 1.807) is 0 Å². The number of rotatable bonds is 4. The molecule has 0 aliphatic carbocycles. The van der Waals surface area contributed by atoms with Crippen molar-refractivity contribution in [2.75, 3.05) is 7.11 Å². The first-order chi connectivity index (χ1) is 8.30. The molecule has 0 atom stereocenters. The third-order valence-corrected chi connectivity index (χ3v) is 2.19. The molecule has 1 heterocycles. The molecule has 0 aromatic carbocycles. The molecular formula is C9H7ClF5NO2. The highest BCUT2D eigenvalue weighted by molar-refractivity contribution is 6.17. The summed E-state index contributed by atoms with van der Waals surface area (Å²) in [6, 6.07) is 0. The fourth-order valence-corrected chi connectivity index (χ4v) is 1.46. The van der Waals surface area contributed by atoms with Gasteiger partial charge in [0.25, 0.3) is 12.3 Å². The summed E-state index contributed by atoms with van der Waals surface area (Å²) in [6.45, 7) is 0. The maximum absolute atomic E-state index is 12.8. The van der Waals surface area contributed by atoms with Crippen molar-refractivity contribution in [3.05, 3.63) is 17.3 Å². The van der Waals surface area contributed by atoms with Gasteiger partial charge < -0.3 is 9.47 Å². The quantitative estimate of drug-likeness (QED) is 0.626. The van der Waals surface area contributed by atoms with Crippen LogP contribution in [0.15, 0.2) is 6.20 Å². The largest absolute Gasteiger partial charge is 0.574 e. The topological polar surface area (TPSA) is 31.4 Å². The smallest absolute Gasteiger partial charge is 0.491 e. The summed E-state index contributed by atoms with van der Waals surface area (Å²) in [6.07, 6.45) is -7.33. The van der Waals surface area contributed by atoms with Gasteiger partial charge in [-0.2, -0.15) is 0 Å². The number of hydrogen-bond donors (Lipinski definition) is 0. The maximum Gasteiger partial charge on any atom is 0.574 e. The maximum atomic E-state index is 12.8. The van der Waals surface area contributed by atoms with E-state index >= 15 is 0 Å². The number of pyridine rings is 1. The van der Waals surface area contributed by atoms with Crippen molar-refractivity contribution in [3.8, 4) is 11.6 Å². The van der Waals surface area contributed by atoms with E-state index in [0.717, 1.165) is 13.3 Å². The molecule has 1 aromatic rings. The second-order valence-corrected chi connectivity index (χ2v) is 3.28. The Morgan fingerprint density at radius 3 is 2.39 bits per heavy atom. The lowest BCUT2D eigenvalue weighted by Gasteiger charge is -2.16. The van der Waals surface area contributed by atoms with E-state index in [1.807, 2.05) is 0 Å². The van der Waals surface area contributed by atoms with Crippen LogP contribution in [0.4, 0.5) is 22.0 Å². The van der Waals surface area contributed by atoms with Crippen molar-refractivity contribution >= 4 is 11.6 Å². The minimum Gasteiger partial charge on any atom is -0.491 e. The Kier molecular flexibility index (Phi) is 4.55. The Morgan fingerprint density at radius 2 is 2.00 bits per heavy atom. The summed E-state index contributed by atoms with van der Waals surface area (Å²) in [7, 11) is 0.935. The van der Waals surface area contributed by atoms with Gasteiger partial charge in [0.05, 0.1) is 12.7 Å². The molecule has 102 valence electrons. The highest BCUT2D eigenvalue weighted by atomic mass is 35.5. The zero-order chi connectivity index (χ0) is 13.9. The lowest BCUT2D eigenvalue weighted by Crippen LogP contribution is -2.19. The van der Waals surface area contributed by atoms with Crippen LogP contribution in [0, 0.1) is 0 Å². The molecule has 0 aliphatic heterocycles. The van der Waals surface area contributed by atoms with E-state index in [-0.39, 0.29) is 11.4 Å². The average molecular weight is 292 g/mol. The van der Waals surface area contributed by atoms with Crippen LogP contribution in [-0.4, -0.2) is 18.5 Å². The Morgan fingerprint density at radius 1 is 1.39 bits per heavy atom. The molecule has 18 heavy (non-hydrogen) atoms. The molecule has 1 aromatic heterocycles. The first kappa shape index (κ1) is 14.7. The lowest BCUT2D eigenvalue weighted by atomic mass is 10.1. The third-order valence-electron chi connectivity index (χ3n) is 1.90. The summed E-state index contributed by atoms with van der Waals surface area (Å²) in [5, 5.41) is 0. The Hall–Kier alpha value is -1.31. The predicted molar refractivity (Wildman–Crippen MR) is 52.0 cm³/mol. The third kappa shape index (κ3) is 3.34. The standard InChI is InChI=1S/C9H7ClF5NO2/c1-17-6-5(7(11)12)4(2-10)3-16-8(6)18-9(13,14)15/h3,7H,2H2,1H3. The number of alkyl halides is 6. The number of ether oxygens (including phenoxy) is 2. The van der Waals surface area contributed by atoms with Gasteiger partial charge in [-0.25, -0.2) is 13.8 Å². The molecule has 0 spiro atoms. The molecule has 0 N–H and O–H groups in total. The number of hydrogen-bond acceptors (Lipinski definition) is 3. The minimum atomic E-state index is -5.05. The van der Waals surface area contributed by atoms with E-state index in [9.17, 15) is 22.0 Å². The van der Waals surface area contributed by atoms with E-state index in [0.29, 0.717) is 0 Å². The fourth-order valence-electron chi connectivity index (χ4n) is 1.25. The van der Waals surface area contributed by atoms with Gasteiger partial charge in [0.1, 0.15) is 0 Å². The van der Waals surface area contributed by atoms with Crippen LogP contribution in [0.25, 0.3) is 0 Å². The summed E-state index contributed by atoms with van der Waals surface area (Å²) in [5.41, 5.74) is -0.889. The molecule has 0 saturated carbocycles. The summed E-state index contributed by atoms with van der Waals surface area (Å²) in [5.74, 6) is -2.19. The van der Waals surface area contributed by atoms with Gasteiger partial charge in [0, 0.05) is 12.1 Å². The van der Waals surface area contributed by atoms with E-state index in [4.69, 9.17) is 11.6 Å². The Bertz CT molecular complexity index is 424. The fraction of sp³-hybridized carbons (Fsp3) is 0.444. The number of methoxy groups -OCH3 is 1. The molecule has 9 heteroatoms.